The number of hydrogen-bond acceptors (Lipinski definition) is 4. The summed E-state index contributed by atoms with van der Waals surface area (Å²) in [6.07, 6.45) is 3.00. The van der Waals surface area contributed by atoms with Gasteiger partial charge in [-0.3, -0.25) is 4.57 Å². The number of carboxylic acids is 1. The highest BCUT2D eigenvalue weighted by Gasteiger charge is 2.16. The van der Waals surface area contributed by atoms with Crippen molar-refractivity contribution in [2.24, 2.45) is 0 Å². The Morgan fingerprint density at radius 3 is 2.70 bits per heavy atom. The fourth-order valence-corrected chi connectivity index (χ4v) is 3.13. The summed E-state index contributed by atoms with van der Waals surface area (Å²) in [5, 5.41) is 9.53. The first-order chi connectivity index (χ1) is 12.9. The molecule has 0 amide bonds. The van der Waals surface area contributed by atoms with E-state index in [0.717, 1.165) is 5.56 Å². The van der Waals surface area contributed by atoms with E-state index in [2.05, 4.69) is 15.0 Å². The highest BCUT2D eigenvalue weighted by Crippen LogP contribution is 2.29. The summed E-state index contributed by atoms with van der Waals surface area (Å²) in [5.74, 6) is -0.872. The molecule has 0 spiro atoms. The van der Waals surface area contributed by atoms with Crippen LogP contribution < -0.4 is 0 Å². The summed E-state index contributed by atoms with van der Waals surface area (Å²) >= 11 is 0. The molecule has 2 aromatic carbocycles. The van der Waals surface area contributed by atoms with Gasteiger partial charge >= 0.3 is 5.97 Å². The second-order valence-corrected chi connectivity index (χ2v) is 6.28. The molecular weight excluding hydrogens is 347 g/mol. The van der Waals surface area contributed by atoms with Crippen molar-refractivity contribution >= 4 is 17.1 Å². The van der Waals surface area contributed by atoms with Gasteiger partial charge in [0.15, 0.2) is 5.65 Å². The predicted molar refractivity (Wildman–Crippen MR) is 98.5 cm³/mol. The molecule has 4 aromatic rings. The number of fused-ring (bicyclic) bond motifs is 1. The van der Waals surface area contributed by atoms with Crippen LogP contribution in [0.25, 0.3) is 28.0 Å². The van der Waals surface area contributed by atoms with E-state index in [4.69, 9.17) is 0 Å². The SMILES string of the molecule is Cc1ccc(-c2cc(C(=O)O)cc(-n3c(C)nc4cncnc43)c2)c(F)c1. The quantitative estimate of drug-likeness (QED) is 0.597. The molecule has 0 aliphatic rings. The summed E-state index contributed by atoms with van der Waals surface area (Å²) in [5.41, 5.74) is 3.35. The zero-order valence-corrected chi connectivity index (χ0v) is 14.6. The third kappa shape index (κ3) is 2.93. The van der Waals surface area contributed by atoms with Crippen molar-refractivity contribution in [3.8, 4) is 16.8 Å². The lowest BCUT2D eigenvalue weighted by Gasteiger charge is -2.12. The molecule has 0 saturated carbocycles. The van der Waals surface area contributed by atoms with Gasteiger partial charge in [0, 0.05) is 5.56 Å². The highest BCUT2D eigenvalue weighted by molar-refractivity contribution is 5.91. The first-order valence-electron chi connectivity index (χ1n) is 8.24. The predicted octanol–water partition coefficient (Wildman–Crippen LogP) is 3.94. The van der Waals surface area contributed by atoms with Crippen molar-refractivity contribution < 1.29 is 14.3 Å². The highest BCUT2D eigenvalue weighted by atomic mass is 19.1. The summed E-state index contributed by atoms with van der Waals surface area (Å²) in [6, 6.07) is 9.58. The molecule has 6 nitrogen and oxygen atoms in total. The van der Waals surface area contributed by atoms with E-state index in [1.54, 1.807) is 42.8 Å². The van der Waals surface area contributed by atoms with Crippen LogP contribution in [0.2, 0.25) is 0 Å². The number of halogens is 1. The average molecular weight is 362 g/mol. The van der Waals surface area contributed by atoms with Crippen molar-refractivity contribution in [2.45, 2.75) is 13.8 Å². The smallest absolute Gasteiger partial charge is 0.335 e. The largest absolute Gasteiger partial charge is 0.478 e. The number of benzene rings is 2. The van der Waals surface area contributed by atoms with E-state index in [-0.39, 0.29) is 5.56 Å². The molecule has 2 heterocycles. The molecule has 4 rings (SSSR count). The van der Waals surface area contributed by atoms with Gasteiger partial charge in [-0.05, 0) is 49.2 Å². The van der Waals surface area contributed by atoms with Crippen LogP contribution in [0.15, 0.2) is 48.9 Å². The van der Waals surface area contributed by atoms with E-state index in [1.807, 2.05) is 0 Å². The molecule has 7 heteroatoms. The Bertz CT molecular complexity index is 1200. The molecule has 2 aromatic heterocycles. The fourth-order valence-electron chi connectivity index (χ4n) is 3.13. The molecule has 0 fully saturated rings. The number of aromatic nitrogens is 4. The maximum atomic E-state index is 14.5. The molecule has 0 aliphatic carbocycles. The zero-order chi connectivity index (χ0) is 19.1. The van der Waals surface area contributed by atoms with Crippen LogP contribution in [0.4, 0.5) is 4.39 Å². The maximum absolute atomic E-state index is 14.5. The normalized spacial score (nSPS) is 11.1. The summed E-state index contributed by atoms with van der Waals surface area (Å²) in [4.78, 5) is 24.3. The minimum absolute atomic E-state index is 0.0535. The Hall–Kier alpha value is -3.61. The third-order valence-electron chi connectivity index (χ3n) is 4.35. The van der Waals surface area contributed by atoms with E-state index in [1.165, 1.54) is 24.5 Å². The molecule has 0 atom stereocenters. The first-order valence-corrected chi connectivity index (χ1v) is 8.24. The monoisotopic (exact) mass is 362 g/mol. The van der Waals surface area contributed by atoms with Crippen LogP contribution in [-0.2, 0) is 0 Å². The lowest BCUT2D eigenvalue weighted by atomic mass is 10.00. The Morgan fingerprint density at radius 1 is 1.15 bits per heavy atom. The van der Waals surface area contributed by atoms with E-state index >= 15 is 0 Å². The summed E-state index contributed by atoms with van der Waals surface area (Å²) in [6.45, 7) is 3.59. The van der Waals surface area contributed by atoms with Crippen molar-refractivity contribution in [3.63, 3.8) is 0 Å². The topological polar surface area (TPSA) is 80.9 Å². The Labute approximate surface area is 154 Å². The van der Waals surface area contributed by atoms with Gasteiger partial charge in [0.25, 0.3) is 0 Å². The number of nitrogens with zero attached hydrogens (tertiary/aromatic N) is 4. The number of rotatable bonds is 3. The average Bonchev–Trinajstić information content (AvgIpc) is 2.97. The first kappa shape index (κ1) is 16.8. The van der Waals surface area contributed by atoms with Gasteiger partial charge < -0.3 is 5.11 Å². The number of carboxylic acid groups (broad SMARTS) is 1. The molecule has 0 unspecified atom stereocenters. The number of carbonyl (C=O) groups is 1. The van der Waals surface area contributed by atoms with Crippen LogP contribution >= 0.6 is 0 Å². The molecule has 27 heavy (non-hydrogen) atoms. The van der Waals surface area contributed by atoms with Crippen LogP contribution in [-0.4, -0.2) is 30.6 Å². The van der Waals surface area contributed by atoms with Gasteiger partial charge in [-0.2, -0.15) is 0 Å². The van der Waals surface area contributed by atoms with Crippen molar-refractivity contribution in [2.75, 3.05) is 0 Å². The molecular formula is C20H15FN4O2. The van der Waals surface area contributed by atoms with Crippen LogP contribution in [0.1, 0.15) is 21.7 Å². The molecule has 134 valence electrons. The number of imidazole rings is 1. The lowest BCUT2D eigenvalue weighted by Crippen LogP contribution is -2.03. The van der Waals surface area contributed by atoms with Gasteiger partial charge in [0.2, 0.25) is 0 Å². The number of hydrogen-bond donors (Lipinski definition) is 1. The van der Waals surface area contributed by atoms with Crippen molar-refractivity contribution in [1.82, 2.24) is 19.5 Å². The Morgan fingerprint density at radius 2 is 1.96 bits per heavy atom. The standard InChI is InChI=1S/C20H15FN4O2/c1-11-3-4-16(17(21)5-11)13-6-14(20(26)27)8-15(7-13)25-12(2)24-18-9-22-10-23-19(18)25/h3-10H,1-2H3,(H,26,27). The number of aryl methyl sites for hydroxylation is 2. The molecule has 0 bridgehead atoms. The zero-order valence-electron chi connectivity index (χ0n) is 14.6. The van der Waals surface area contributed by atoms with Gasteiger partial charge in [0.1, 0.15) is 23.5 Å². The minimum Gasteiger partial charge on any atom is -0.478 e. The Balaban J connectivity index is 2.00. The van der Waals surface area contributed by atoms with Gasteiger partial charge in [-0.25, -0.2) is 24.1 Å². The molecule has 0 aliphatic heterocycles. The number of aromatic carboxylic acids is 1. The van der Waals surface area contributed by atoms with Crippen LogP contribution in [0.3, 0.4) is 0 Å². The van der Waals surface area contributed by atoms with E-state index < -0.39 is 11.8 Å². The second-order valence-electron chi connectivity index (χ2n) is 6.28. The van der Waals surface area contributed by atoms with Crippen molar-refractivity contribution in [3.05, 3.63) is 71.7 Å². The molecule has 0 radical (unpaired) electrons. The fraction of sp³-hybridized carbons (Fsp3) is 0.100. The van der Waals surface area contributed by atoms with Crippen LogP contribution in [0, 0.1) is 19.7 Å². The summed E-state index contributed by atoms with van der Waals surface area (Å²) in [7, 11) is 0. The van der Waals surface area contributed by atoms with Gasteiger partial charge in [0.05, 0.1) is 17.4 Å². The molecule has 0 saturated heterocycles. The Kier molecular flexibility index (Phi) is 3.92. The van der Waals surface area contributed by atoms with Crippen molar-refractivity contribution in [1.29, 1.82) is 0 Å². The lowest BCUT2D eigenvalue weighted by molar-refractivity contribution is 0.0697. The molecule has 1 N–H and O–H groups in total. The second kappa shape index (κ2) is 6.28. The van der Waals surface area contributed by atoms with E-state index in [9.17, 15) is 14.3 Å². The minimum atomic E-state index is -1.10. The maximum Gasteiger partial charge on any atom is 0.335 e. The third-order valence-corrected chi connectivity index (χ3v) is 4.35. The van der Waals surface area contributed by atoms with Gasteiger partial charge in [-0.1, -0.05) is 12.1 Å². The summed E-state index contributed by atoms with van der Waals surface area (Å²) < 4.78 is 16.2. The van der Waals surface area contributed by atoms with E-state index in [0.29, 0.717) is 33.8 Å². The van der Waals surface area contributed by atoms with Crippen LogP contribution in [0.5, 0.6) is 0 Å². The van der Waals surface area contributed by atoms with Gasteiger partial charge in [-0.15, -0.1) is 0 Å².